The summed E-state index contributed by atoms with van der Waals surface area (Å²) >= 11 is 0. The molecule has 2 rings (SSSR count). The number of alkyl halides is 3. The lowest BCUT2D eigenvalue weighted by atomic mass is 10.1. The van der Waals surface area contributed by atoms with Gasteiger partial charge in [-0.05, 0) is 32.0 Å². The van der Waals surface area contributed by atoms with Gasteiger partial charge in [-0.2, -0.15) is 13.2 Å². The first kappa shape index (κ1) is 22.7. The summed E-state index contributed by atoms with van der Waals surface area (Å²) in [5.74, 6) is -1.56. The number of ether oxygens (including phenoxy) is 2. The van der Waals surface area contributed by atoms with E-state index in [-0.39, 0.29) is 0 Å². The Bertz CT molecular complexity index is 934. The van der Waals surface area contributed by atoms with Crippen molar-refractivity contribution in [3.63, 3.8) is 0 Å². The second-order valence-corrected chi connectivity index (χ2v) is 6.13. The Labute approximate surface area is 168 Å². The minimum atomic E-state index is -4.95. The number of anilines is 1. The van der Waals surface area contributed by atoms with Gasteiger partial charge in [-0.1, -0.05) is 18.2 Å². The topological polar surface area (TPSA) is 108 Å². The van der Waals surface area contributed by atoms with Gasteiger partial charge in [0.25, 0.3) is 11.6 Å². The number of benzene rings is 2. The first-order valence-corrected chi connectivity index (χ1v) is 8.57. The molecule has 0 saturated heterocycles. The fraction of sp³-hybridized carbons (Fsp3) is 0.263. The number of esters is 1. The number of hydrogen-bond donors (Lipinski definition) is 1. The Kier molecular flexibility index (Phi) is 6.98. The minimum Gasteiger partial charge on any atom is -0.479 e. The largest absolute Gasteiger partial charge is 0.479 e. The van der Waals surface area contributed by atoms with Crippen LogP contribution in [0.1, 0.15) is 19.4 Å². The molecule has 0 spiro atoms. The van der Waals surface area contributed by atoms with E-state index in [1.165, 1.54) is 13.8 Å². The molecule has 2 atom stereocenters. The Morgan fingerprint density at radius 2 is 1.70 bits per heavy atom. The van der Waals surface area contributed by atoms with Crippen molar-refractivity contribution in [3.05, 3.63) is 64.2 Å². The van der Waals surface area contributed by atoms with Gasteiger partial charge in [-0.15, -0.1) is 0 Å². The van der Waals surface area contributed by atoms with Gasteiger partial charge in [0.05, 0.1) is 16.2 Å². The number of nitrogens with one attached hydrogen (secondary N) is 1. The summed E-state index contributed by atoms with van der Waals surface area (Å²) in [6.07, 6.45) is -7.48. The number of carbonyl (C=O) groups is 2. The van der Waals surface area contributed by atoms with Crippen molar-refractivity contribution in [1.29, 1.82) is 0 Å². The molecule has 1 N–H and O–H groups in total. The highest BCUT2D eigenvalue weighted by molar-refractivity contribution is 5.96. The van der Waals surface area contributed by atoms with Crippen molar-refractivity contribution in [3.8, 4) is 5.75 Å². The number of amides is 1. The van der Waals surface area contributed by atoms with Gasteiger partial charge < -0.3 is 14.8 Å². The highest BCUT2D eigenvalue weighted by Crippen LogP contribution is 2.37. The number of nitro groups is 1. The van der Waals surface area contributed by atoms with Gasteiger partial charge in [-0.3, -0.25) is 14.9 Å². The van der Waals surface area contributed by atoms with Crippen LogP contribution in [0.4, 0.5) is 24.5 Å². The SMILES string of the molecule is CC(OC(=O)C(C)Oc1ccccc1)C(=O)Nc1ccc([N+](=O)[O-])cc1C(F)(F)F. The van der Waals surface area contributed by atoms with Crippen LogP contribution in [0.5, 0.6) is 5.75 Å². The molecule has 30 heavy (non-hydrogen) atoms. The summed E-state index contributed by atoms with van der Waals surface area (Å²) in [4.78, 5) is 34.0. The van der Waals surface area contributed by atoms with Gasteiger partial charge >= 0.3 is 12.1 Å². The van der Waals surface area contributed by atoms with Gasteiger partial charge in [-0.25, -0.2) is 4.79 Å². The molecule has 0 saturated carbocycles. The molecule has 2 unspecified atom stereocenters. The van der Waals surface area contributed by atoms with E-state index >= 15 is 0 Å². The third kappa shape index (κ3) is 5.93. The molecular formula is C19H17F3N2O6. The first-order valence-electron chi connectivity index (χ1n) is 8.57. The summed E-state index contributed by atoms with van der Waals surface area (Å²) in [5, 5.41) is 12.7. The summed E-state index contributed by atoms with van der Waals surface area (Å²) < 4.78 is 49.9. The van der Waals surface area contributed by atoms with Crippen LogP contribution in [-0.2, 0) is 20.5 Å². The van der Waals surface area contributed by atoms with Gasteiger partial charge in [0.1, 0.15) is 5.75 Å². The number of carbonyl (C=O) groups excluding carboxylic acids is 2. The number of hydrogen-bond acceptors (Lipinski definition) is 6. The Hall–Kier alpha value is -3.63. The average Bonchev–Trinajstić information content (AvgIpc) is 2.67. The number of halogens is 3. The lowest BCUT2D eigenvalue weighted by Crippen LogP contribution is -2.35. The van der Waals surface area contributed by atoms with Crippen LogP contribution in [0.2, 0.25) is 0 Å². The molecule has 0 radical (unpaired) electrons. The molecule has 11 heteroatoms. The molecule has 2 aromatic rings. The summed E-state index contributed by atoms with van der Waals surface area (Å²) in [5.41, 5.74) is -2.88. The summed E-state index contributed by atoms with van der Waals surface area (Å²) in [6.45, 7) is 2.55. The molecule has 0 heterocycles. The molecule has 1 amide bonds. The van der Waals surface area contributed by atoms with Crippen molar-refractivity contribution in [2.24, 2.45) is 0 Å². The normalized spacial score (nSPS) is 13.1. The molecule has 0 aliphatic heterocycles. The van der Waals surface area contributed by atoms with Crippen molar-refractivity contribution in [2.45, 2.75) is 32.2 Å². The molecule has 8 nitrogen and oxygen atoms in total. The maximum absolute atomic E-state index is 13.2. The van der Waals surface area contributed by atoms with Crippen LogP contribution in [0.25, 0.3) is 0 Å². The first-order chi connectivity index (χ1) is 14.0. The fourth-order valence-electron chi connectivity index (χ4n) is 2.30. The molecule has 160 valence electrons. The van der Waals surface area contributed by atoms with E-state index in [4.69, 9.17) is 9.47 Å². The van der Waals surface area contributed by atoms with Gasteiger partial charge in [0.15, 0.2) is 12.2 Å². The average molecular weight is 426 g/mol. The number of nitro benzene ring substituents is 1. The zero-order valence-corrected chi connectivity index (χ0v) is 15.8. The van der Waals surface area contributed by atoms with Gasteiger partial charge in [0.2, 0.25) is 0 Å². The Morgan fingerprint density at radius 1 is 1.07 bits per heavy atom. The Balaban J connectivity index is 2.06. The highest BCUT2D eigenvalue weighted by atomic mass is 19.4. The Morgan fingerprint density at radius 3 is 2.27 bits per heavy atom. The summed E-state index contributed by atoms with van der Waals surface area (Å²) in [7, 11) is 0. The van der Waals surface area contributed by atoms with Gasteiger partial charge in [0, 0.05) is 12.1 Å². The van der Waals surface area contributed by atoms with E-state index in [1.807, 2.05) is 5.32 Å². The van der Waals surface area contributed by atoms with E-state index in [1.54, 1.807) is 30.3 Å². The fourth-order valence-corrected chi connectivity index (χ4v) is 2.30. The molecule has 0 fully saturated rings. The zero-order valence-electron chi connectivity index (χ0n) is 15.8. The predicted molar refractivity (Wildman–Crippen MR) is 98.8 cm³/mol. The number of non-ortho nitro benzene ring substituents is 1. The quantitative estimate of drug-likeness (QED) is 0.408. The standard InChI is InChI=1S/C19H17F3N2O6/c1-11(30-18(26)12(2)29-14-6-4-3-5-7-14)17(25)23-16-9-8-13(24(27)28)10-15(16)19(20,21)22/h3-12H,1-2H3,(H,23,25). The zero-order chi connectivity index (χ0) is 22.5. The second kappa shape index (κ2) is 9.25. The smallest absolute Gasteiger partial charge is 0.418 e. The van der Waals surface area contributed by atoms with Crippen LogP contribution in [0, 0.1) is 10.1 Å². The molecule has 0 aliphatic carbocycles. The van der Waals surface area contributed by atoms with Crippen molar-refractivity contribution < 1.29 is 37.2 Å². The third-order valence-electron chi connectivity index (χ3n) is 3.83. The lowest BCUT2D eigenvalue weighted by Gasteiger charge is -2.19. The molecule has 0 aromatic heterocycles. The number of para-hydroxylation sites is 1. The van der Waals surface area contributed by atoms with E-state index in [9.17, 15) is 32.9 Å². The maximum atomic E-state index is 13.2. The third-order valence-corrected chi connectivity index (χ3v) is 3.83. The molecule has 0 bridgehead atoms. The predicted octanol–water partition coefficient (Wildman–Crippen LogP) is 3.95. The maximum Gasteiger partial charge on any atom is 0.418 e. The molecule has 2 aromatic carbocycles. The van der Waals surface area contributed by atoms with E-state index < -0.39 is 52.1 Å². The number of rotatable bonds is 7. The van der Waals surface area contributed by atoms with Crippen LogP contribution >= 0.6 is 0 Å². The number of nitrogens with zero attached hydrogens (tertiary/aromatic N) is 1. The monoisotopic (exact) mass is 426 g/mol. The lowest BCUT2D eigenvalue weighted by molar-refractivity contribution is -0.385. The van der Waals surface area contributed by atoms with E-state index in [2.05, 4.69) is 0 Å². The van der Waals surface area contributed by atoms with Crippen LogP contribution in [-0.4, -0.2) is 29.0 Å². The van der Waals surface area contributed by atoms with Crippen molar-refractivity contribution >= 4 is 23.3 Å². The second-order valence-electron chi connectivity index (χ2n) is 6.13. The van der Waals surface area contributed by atoms with Crippen LogP contribution < -0.4 is 10.1 Å². The summed E-state index contributed by atoms with van der Waals surface area (Å²) in [6, 6.07) is 10.2. The molecular weight excluding hydrogens is 409 g/mol. The van der Waals surface area contributed by atoms with E-state index in [0.717, 1.165) is 12.1 Å². The van der Waals surface area contributed by atoms with E-state index in [0.29, 0.717) is 11.8 Å². The van der Waals surface area contributed by atoms with Crippen molar-refractivity contribution in [1.82, 2.24) is 0 Å². The molecule has 0 aliphatic rings. The van der Waals surface area contributed by atoms with Crippen LogP contribution in [0.3, 0.4) is 0 Å². The highest BCUT2D eigenvalue weighted by Gasteiger charge is 2.36. The van der Waals surface area contributed by atoms with Crippen molar-refractivity contribution in [2.75, 3.05) is 5.32 Å². The van der Waals surface area contributed by atoms with Crippen LogP contribution in [0.15, 0.2) is 48.5 Å². The minimum absolute atomic E-state index is 0.308.